The number of amides is 1. The average Bonchev–Trinajstić information content (AvgIpc) is 2.74. The summed E-state index contributed by atoms with van der Waals surface area (Å²) in [5.74, 6) is 0.909. The van der Waals surface area contributed by atoms with Gasteiger partial charge in [-0.1, -0.05) is 19.9 Å². The molecule has 1 aromatic carbocycles. The van der Waals surface area contributed by atoms with Crippen LogP contribution in [-0.4, -0.2) is 21.9 Å². The van der Waals surface area contributed by atoms with E-state index in [9.17, 15) is 4.79 Å². The monoisotopic (exact) mass is 260 g/mol. The van der Waals surface area contributed by atoms with Crippen molar-refractivity contribution in [3.8, 4) is 0 Å². The van der Waals surface area contributed by atoms with Gasteiger partial charge in [0.25, 0.3) is 0 Å². The van der Waals surface area contributed by atoms with Gasteiger partial charge in [-0.2, -0.15) is 0 Å². The van der Waals surface area contributed by atoms with Gasteiger partial charge in [0.05, 0.1) is 17.1 Å². The number of fused-ring (bicyclic) bond motifs is 1. The fraction of sp³-hybridized carbons (Fsp3) is 0.429. The summed E-state index contributed by atoms with van der Waals surface area (Å²) in [6.07, 6.45) is 0. The van der Waals surface area contributed by atoms with Gasteiger partial charge in [0.1, 0.15) is 5.82 Å². The van der Waals surface area contributed by atoms with Gasteiger partial charge in [0.2, 0.25) is 5.91 Å². The van der Waals surface area contributed by atoms with Crippen molar-refractivity contribution in [2.45, 2.75) is 33.4 Å². The van der Waals surface area contributed by atoms with Crippen LogP contribution in [0.1, 0.15) is 25.2 Å². The molecule has 0 saturated carbocycles. The molecule has 0 saturated heterocycles. The van der Waals surface area contributed by atoms with Crippen LogP contribution in [0.15, 0.2) is 18.2 Å². The Balaban J connectivity index is 2.03. The van der Waals surface area contributed by atoms with Gasteiger partial charge in [0.15, 0.2) is 0 Å². The first-order chi connectivity index (χ1) is 8.97. The smallest absolute Gasteiger partial charge is 0.237 e. The highest BCUT2D eigenvalue weighted by molar-refractivity contribution is 5.82. The lowest BCUT2D eigenvalue weighted by molar-refractivity contribution is -0.123. The Morgan fingerprint density at radius 3 is 2.89 bits per heavy atom. The number of hydrogen-bond acceptors (Lipinski definition) is 3. The zero-order chi connectivity index (χ0) is 14.0. The van der Waals surface area contributed by atoms with E-state index in [0.29, 0.717) is 6.54 Å². The number of imidazole rings is 1. The molecule has 0 aliphatic heterocycles. The molecule has 0 radical (unpaired) electrons. The van der Waals surface area contributed by atoms with Crippen LogP contribution in [0.25, 0.3) is 11.0 Å². The van der Waals surface area contributed by atoms with Crippen molar-refractivity contribution in [2.24, 2.45) is 11.7 Å². The number of carbonyl (C=O) groups is 1. The number of rotatable bonds is 4. The van der Waals surface area contributed by atoms with E-state index in [1.165, 1.54) is 0 Å². The van der Waals surface area contributed by atoms with Gasteiger partial charge in [-0.25, -0.2) is 4.98 Å². The summed E-state index contributed by atoms with van der Waals surface area (Å²) in [7, 11) is 0. The SMILES string of the molecule is Cc1nc2ccc(CNC(=O)[C@H](N)C(C)C)cc2[nH]1. The van der Waals surface area contributed by atoms with Gasteiger partial charge in [-0.05, 0) is 30.5 Å². The third-order valence-electron chi connectivity index (χ3n) is 3.15. The van der Waals surface area contributed by atoms with Crippen LogP contribution >= 0.6 is 0 Å². The summed E-state index contributed by atoms with van der Waals surface area (Å²) in [5, 5.41) is 2.85. The molecule has 5 heteroatoms. The van der Waals surface area contributed by atoms with Crippen LogP contribution < -0.4 is 11.1 Å². The quantitative estimate of drug-likeness (QED) is 0.778. The average molecular weight is 260 g/mol. The number of nitrogens with zero attached hydrogens (tertiary/aromatic N) is 1. The second-order valence-electron chi connectivity index (χ2n) is 5.16. The summed E-state index contributed by atoms with van der Waals surface area (Å²) < 4.78 is 0. The van der Waals surface area contributed by atoms with E-state index in [2.05, 4.69) is 15.3 Å². The largest absolute Gasteiger partial charge is 0.351 e. The zero-order valence-corrected chi connectivity index (χ0v) is 11.5. The van der Waals surface area contributed by atoms with E-state index in [1.807, 2.05) is 39.0 Å². The first kappa shape index (κ1) is 13.5. The molecule has 0 spiro atoms. The predicted molar refractivity (Wildman–Crippen MR) is 75.5 cm³/mol. The van der Waals surface area contributed by atoms with Crippen LogP contribution in [0.2, 0.25) is 0 Å². The van der Waals surface area contributed by atoms with Gasteiger partial charge in [-0.3, -0.25) is 4.79 Å². The molecule has 1 heterocycles. The number of aromatic amines is 1. The topological polar surface area (TPSA) is 83.8 Å². The molecule has 0 fully saturated rings. The highest BCUT2D eigenvalue weighted by Gasteiger charge is 2.16. The van der Waals surface area contributed by atoms with Crippen molar-refractivity contribution in [3.63, 3.8) is 0 Å². The molecule has 0 aliphatic rings. The minimum atomic E-state index is -0.460. The first-order valence-electron chi connectivity index (χ1n) is 6.46. The standard InChI is InChI=1S/C14H20N4O/c1-8(2)13(15)14(19)16-7-10-4-5-11-12(6-10)18-9(3)17-11/h4-6,8,13H,7,15H2,1-3H3,(H,16,19)(H,17,18)/t13-/m1/s1. The van der Waals surface area contributed by atoms with Crippen molar-refractivity contribution in [1.82, 2.24) is 15.3 Å². The number of benzene rings is 1. The first-order valence-corrected chi connectivity index (χ1v) is 6.46. The Kier molecular flexibility index (Phi) is 3.85. The Morgan fingerprint density at radius 1 is 1.47 bits per heavy atom. The molecule has 0 unspecified atom stereocenters. The van der Waals surface area contributed by atoms with E-state index >= 15 is 0 Å². The fourth-order valence-corrected chi connectivity index (χ4v) is 1.90. The minimum absolute atomic E-state index is 0.115. The number of aryl methyl sites for hydroxylation is 1. The van der Waals surface area contributed by atoms with Crippen LogP contribution in [0.5, 0.6) is 0 Å². The number of nitrogens with two attached hydrogens (primary N) is 1. The van der Waals surface area contributed by atoms with E-state index in [1.54, 1.807) is 0 Å². The Labute approximate surface area is 112 Å². The summed E-state index contributed by atoms with van der Waals surface area (Å²) in [5.41, 5.74) is 8.74. The maximum Gasteiger partial charge on any atom is 0.237 e. The lowest BCUT2D eigenvalue weighted by atomic mass is 10.0. The second kappa shape index (κ2) is 5.40. The summed E-state index contributed by atoms with van der Waals surface area (Å²) in [4.78, 5) is 19.3. The van der Waals surface area contributed by atoms with Crippen molar-refractivity contribution >= 4 is 16.9 Å². The van der Waals surface area contributed by atoms with E-state index in [-0.39, 0.29) is 11.8 Å². The fourth-order valence-electron chi connectivity index (χ4n) is 1.90. The summed E-state index contributed by atoms with van der Waals surface area (Å²) in [6, 6.07) is 5.45. The predicted octanol–water partition coefficient (Wildman–Crippen LogP) is 1.47. The van der Waals surface area contributed by atoms with Gasteiger partial charge < -0.3 is 16.0 Å². The molecule has 0 bridgehead atoms. The molecule has 4 N–H and O–H groups in total. The molecule has 102 valence electrons. The molecule has 1 aromatic heterocycles. The molecule has 2 rings (SSSR count). The van der Waals surface area contributed by atoms with Gasteiger partial charge >= 0.3 is 0 Å². The maximum absolute atomic E-state index is 11.8. The Hall–Kier alpha value is -1.88. The molecule has 0 aliphatic carbocycles. The van der Waals surface area contributed by atoms with Crippen molar-refractivity contribution in [3.05, 3.63) is 29.6 Å². The van der Waals surface area contributed by atoms with E-state index < -0.39 is 6.04 Å². The maximum atomic E-state index is 11.8. The molecule has 2 aromatic rings. The molecule has 1 atom stereocenters. The number of H-pyrrole nitrogens is 1. The van der Waals surface area contributed by atoms with Crippen molar-refractivity contribution in [1.29, 1.82) is 0 Å². The van der Waals surface area contributed by atoms with Crippen LogP contribution in [-0.2, 0) is 11.3 Å². The highest BCUT2D eigenvalue weighted by atomic mass is 16.2. The van der Waals surface area contributed by atoms with Crippen LogP contribution in [0, 0.1) is 12.8 Å². The third kappa shape index (κ3) is 3.12. The Bertz CT molecular complexity index is 588. The van der Waals surface area contributed by atoms with Gasteiger partial charge in [-0.15, -0.1) is 0 Å². The molecule has 5 nitrogen and oxygen atoms in total. The van der Waals surface area contributed by atoms with E-state index in [0.717, 1.165) is 22.4 Å². The molecular formula is C14H20N4O. The van der Waals surface area contributed by atoms with Crippen LogP contribution in [0.4, 0.5) is 0 Å². The highest BCUT2D eigenvalue weighted by Crippen LogP contribution is 2.13. The number of hydrogen-bond donors (Lipinski definition) is 3. The summed E-state index contributed by atoms with van der Waals surface area (Å²) >= 11 is 0. The lowest BCUT2D eigenvalue weighted by Crippen LogP contribution is -2.43. The number of aromatic nitrogens is 2. The van der Waals surface area contributed by atoms with E-state index in [4.69, 9.17) is 5.73 Å². The molecular weight excluding hydrogens is 240 g/mol. The third-order valence-corrected chi connectivity index (χ3v) is 3.15. The minimum Gasteiger partial charge on any atom is -0.351 e. The Morgan fingerprint density at radius 2 is 2.21 bits per heavy atom. The van der Waals surface area contributed by atoms with Crippen molar-refractivity contribution < 1.29 is 4.79 Å². The number of carbonyl (C=O) groups excluding carboxylic acids is 1. The second-order valence-corrected chi connectivity index (χ2v) is 5.16. The van der Waals surface area contributed by atoms with Crippen molar-refractivity contribution in [2.75, 3.05) is 0 Å². The molecule has 19 heavy (non-hydrogen) atoms. The lowest BCUT2D eigenvalue weighted by Gasteiger charge is -2.15. The van der Waals surface area contributed by atoms with Gasteiger partial charge in [0, 0.05) is 6.54 Å². The summed E-state index contributed by atoms with van der Waals surface area (Å²) in [6.45, 7) is 6.27. The number of nitrogens with one attached hydrogen (secondary N) is 2. The molecule has 1 amide bonds. The normalized spacial score (nSPS) is 12.9. The zero-order valence-electron chi connectivity index (χ0n) is 11.5. The van der Waals surface area contributed by atoms with Crippen LogP contribution in [0.3, 0.4) is 0 Å².